The summed E-state index contributed by atoms with van der Waals surface area (Å²) >= 11 is 0. The molecule has 1 aliphatic heterocycles. The lowest BCUT2D eigenvalue weighted by Crippen LogP contribution is -2.26. The molecule has 0 atom stereocenters. The highest BCUT2D eigenvalue weighted by atomic mass is 16.5. The summed E-state index contributed by atoms with van der Waals surface area (Å²) in [5.74, 6) is 0.661. The highest BCUT2D eigenvalue weighted by Crippen LogP contribution is 2.35. The van der Waals surface area contributed by atoms with E-state index in [0.717, 1.165) is 29.8 Å². The minimum Gasteiger partial charge on any atom is -0.482 e. The monoisotopic (exact) mass is 503 g/mol. The van der Waals surface area contributed by atoms with Crippen LogP contribution in [0.4, 0.5) is 5.69 Å². The summed E-state index contributed by atoms with van der Waals surface area (Å²) < 4.78 is 5.63. The number of carbonyl (C=O) groups excluding carboxylic acids is 1. The van der Waals surface area contributed by atoms with Crippen molar-refractivity contribution in [3.05, 3.63) is 120 Å². The van der Waals surface area contributed by atoms with Crippen molar-refractivity contribution in [1.82, 2.24) is 10.2 Å². The van der Waals surface area contributed by atoms with Crippen LogP contribution >= 0.6 is 0 Å². The van der Waals surface area contributed by atoms with E-state index in [1.54, 1.807) is 6.20 Å². The number of nitrogens with zero attached hydrogens (tertiary/aromatic N) is 1. The van der Waals surface area contributed by atoms with Crippen LogP contribution in [0.5, 0.6) is 5.75 Å². The van der Waals surface area contributed by atoms with Crippen molar-refractivity contribution in [2.24, 2.45) is 0 Å². The lowest BCUT2D eigenvalue weighted by molar-refractivity contribution is -0.118. The number of aryl methyl sites for hydroxylation is 2. The van der Waals surface area contributed by atoms with Crippen LogP contribution in [-0.2, 0) is 17.6 Å². The molecule has 0 radical (unpaired) electrons. The molecule has 190 valence electrons. The lowest BCUT2D eigenvalue weighted by atomic mass is 9.83. The number of amides is 1. The number of carbonyl (C=O) groups is 1. The third-order valence-corrected chi connectivity index (χ3v) is 7.44. The molecule has 0 spiro atoms. The van der Waals surface area contributed by atoms with Crippen LogP contribution in [0.3, 0.4) is 0 Å². The number of anilines is 1. The molecule has 1 aromatic heterocycles. The number of aromatic amines is 1. The van der Waals surface area contributed by atoms with Crippen LogP contribution in [-0.4, -0.2) is 22.7 Å². The van der Waals surface area contributed by atoms with Crippen molar-refractivity contribution in [3.8, 4) is 5.75 Å². The summed E-state index contributed by atoms with van der Waals surface area (Å²) in [4.78, 5) is 22.2. The van der Waals surface area contributed by atoms with E-state index in [-0.39, 0.29) is 18.1 Å². The van der Waals surface area contributed by atoms with E-state index < -0.39 is 0 Å². The summed E-state index contributed by atoms with van der Waals surface area (Å²) in [5.41, 5.74) is 8.18. The fraction of sp³-hybridized carbons (Fsp3) is 0.219. The van der Waals surface area contributed by atoms with Crippen molar-refractivity contribution in [3.63, 3.8) is 0 Å². The summed E-state index contributed by atoms with van der Waals surface area (Å²) in [6, 6.07) is 19.0. The predicted octanol–water partition coefficient (Wildman–Crippen LogP) is 3.56. The van der Waals surface area contributed by atoms with Crippen molar-refractivity contribution in [1.29, 1.82) is 0 Å². The summed E-state index contributed by atoms with van der Waals surface area (Å²) in [5, 5.41) is 14.2. The number of fused-ring (bicyclic) bond motifs is 5. The van der Waals surface area contributed by atoms with E-state index in [1.807, 2.05) is 6.92 Å². The molecule has 3 aromatic carbocycles. The minimum atomic E-state index is -0.148. The third kappa shape index (κ3) is 4.43. The van der Waals surface area contributed by atoms with Crippen LogP contribution in [0.2, 0.25) is 0 Å². The number of hydrogen-bond acceptors (Lipinski definition) is 4. The van der Waals surface area contributed by atoms with Crippen LogP contribution in [0, 0.1) is 24.3 Å². The van der Waals surface area contributed by atoms with Gasteiger partial charge in [0.15, 0.2) is 6.61 Å². The Bertz CT molecular complexity index is 1870. The summed E-state index contributed by atoms with van der Waals surface area (Å²) in [6.07, 6.45) is 8.44. The fourth-order valence-corrected chi connectivity index (χ4v) is 5.71. The van der Waals surface area contributed by atoms with E-state index in [2.05, 4.69) is 77.0 Å². The highest BCUT2D eigenvalue weighted by molar-refractivity contribution is 5.96. The average molecular weight is 504 g/mol. The van der Waals surface area contributed by atoms with Crippen LogP contribution < -0.4 is 26.1 Å². The number of nitrogens with one attached hydrogen (secondary N) is 2. The first-order chi connectivity index (χ1) is 18.5. The second-order valence-corrected chi connectivity index (χ2v) is 10.1. The van der Waals surface area contributed by atoms with Gasteiger partial charge in [-0.3, -0.25) is 9.59 Å². The van der Waals surface area contributed by atoms with Crippen molar-refractivity contribution >= 4 is 23.2 Å². The molecule has 1 amide bonds. The Balaban J connectivity index is 0.000000285. The number of hydrogen-bond donors (Lipinski definition) is 2. The van der Waals surface area contributed by atoms with Gasteiger partial charge in [-0.05, 0) is 106 Å². The zero-order valence-corrected chi connectivity index (χ0v) is 21.6. The second kappa shape index (κ2) is 9.78. The van der Waals surface area contributed by atoms with Gasteiger partial charge >= 0.3 is 0 Å². The molecule has 3 aliphatic rings. The van der Waals surface area contributed by atoms with Gasteiger partial charge in [0.25, 0.3) is 11.5 Å². The number of aromatic nitrogens is 2. The largest absolute Gasteiger partial charge is 0.482 e. The molecule has 2 heterocycles. The summed E-state index contributed by atoms with van der Waals surface area (Å²) in [7, 11) is 0. The molecule has 2 aliphatic carbocycles. The predicted molar refractivity (Wildman–Crippen MR) is 148 cm³/mol. The number of ether oxygens (including phenoxy) is 1. The van der Waals surface area contributed by atoms with Gasteiger partial charge in [0.2, 0.25) is 0 Å². The van der Waals surface area contributed by atoms with Gasteiger partial charge in [-0.2, -0.15) is 5.10 Å². The zero-order valence-electron chi connectivity index (χ0n) is 21.6. The maximum Gasteiger partial charge on any atom is 0.264 e. The minimum absolute atomic E-state index is 0.0845. The van der Waals surface area contributed by atoms with E-state index in [9.17, 15) is 9.59 Å². The first-order valence-electron chi connectivity index (χ1n) is 13.0. The topological polar surface area (TPSA) is 84.1 Å². The first kappa shape index (κ1) is 23.9. The van der Waals surface area contributed by atoms with E-state index >= 15 is 0 Å². The molecule has 0 saturated carbocycles. The van der Waals surface area contributed by atoms with Gasteiger partial charge in [0.1, 0.15) is 5.75 Å². The van der Waals surface area contributed by atoms with Crippen LogP contribution in [0.15, 0.2) is 65.6 Å². The molecule has 2 N–H and O–H groups in total. The molecule has 4 aromatic rings. The van der Waals surface area contributed by atoms with Crippen LogP contribution in [0.1, 0.15) is 40.7 Å². The molecule has 6 nitrogen and oxygen atoms in total. The highest BCUT2D eigenvalue weighted by Gasteiger charge is 2.22. The normalized spacial score (nSPS) is 14.8. The number of benzene rings is 3. The Labute approximate surface area is 220 Å². The molecule has 0 saturated heterocycles. The molecule has 7 rings (SSSR count). The molecular formula is C32H29N3O3. The molecule has 0 bridgehead atoms. The Kier molecular flexibility index (Phi) is 6.16. The van der Waals surface area contributed by atoms with Gasteiger partial charge in [-0.15, -0.1) is 0 Å². The van der Waals surface area contributed by atoms with Gasteiger partial charge < -0.3 is 10.1 Å². The van der Waals surface area contributed by atoms with Crippen molar-refractivity contribution in [2.45, 2.75) is 39.5 Å². The van der Waals surface area contributed by atoms with Crippen molar-refractivity contribution < 1.29 is 9.53 Å². The Morgan fingerprint density at radius 2 is 1.76 bits per heavy atom. The fourth-order valence-electron chi connectivity index (χ4n) is 5.71. The standard InChI is InChI=1S/C27H23NO2.C5H6N2O/c1-16-12-26-25(28-27(29)15-30-26)14-22(16)24-13-23-18-7-3-2-6-17(18)10-11-21(23)19-8-4-5-9-20(19)24;1-4-2-5(8)7-6-3-4/h4-6,8-12,14H,2-3,7,13,15H2,1H3,(H,28,29);2-3H,1H3,(H,7,8). The smallest absolute Gasteiger partial charge is 0.264 e. The van der Waals surface area contributed by atoms with E-state index in [0.29, 0.717) is 0 Å². The maximum absolute atomic E-state index is 11.9. The summed E-state index contributed by atoms with van der Waals surface area (Å²) in [6.45, 7) is 4.04. The molecule has 6 heteroatoms. The van der Waals surface area contributed by atoms with E-state index in [4.69, 9.17) is 4.74 Å². The molecular weight excluding hydrogens is 474 g/mol. The third-order valence-electron chi connectivity index (χ3n) is 7.44. The lowest BCUT2D eigenvalue weighted by Gasteiger charge is -2.24. The first-order valence-corrected chi connectivity index (χ1v) is 13.0. The van der Waals surface area contributed by atoms with Gasteiger partial charge in [0, 0.05) is 6.07 Å². The van der Waals surface area contributed by atoms with Crippen LogP contribution in [0.25, 0.3) is 11.6 Å². The molecule has 0 unspecified atom stereocenters. The maximum atomic E-state index is 11.9. The average Bonchev–Trinajstić information content (AvgIpc) is 2.92. The Morgan fingerprint density at radius 1 is 0.921 bits per heavy atom. The van der Waals surface area contributed by atoms with Crippen molar-refractivity contribution in [2.75, 3.05) is 11.9 Å². The van der Waals surface area contributed by atoms with Gasteiger partial charge in [-0.25, -0.2) is 5.10 Å². The molecule has 0 fully saturated rings. The Hall–Kier alpha value is -4.45. The van der Waals surface area contributed by atoms with E-state index in [1.165, 1.54) is 67.6 Å². The molecule has 38 heavy (non-hydrogen) atoms. The quantitative estimate of drug-likeness (QED) is 0.416. The number of rotatable bonds is 1. The Morgan fingerprint density at radius 3 is 2.55 bits per heavy atom. The van der Waals surface area contributed by atoms with Gasteiger partial charge in [-0.1, -0.05) is 42.5 Å². The number of H-pyrrole nitrogens is 1. The SMILES string of the molecule is Cc1cc2c(cc1C1=c3ccccc3=c3ccc4c(c3C1)CCCC=4)NC(=O)CO2.Cc1cn[nH]c(=O)c1. The second-order valence-electron chi connectivity index (χ2n) is 10.1. The van der Waals surface area contributed by atoms with Gasteiger partial charge in [0.05, 0.1) is 11.9 Å². The zero-order chi connectivity index (χ0) is 26.2.